The summed E-state index contributed by atoms with van der Waals surface area (Å²) in [6.07, 6.45) is 3.52. The van der Waals surface area contributed by atoms with E-state index in [1.165, 1.54) is 19.4 Å². The van der Waals surface area contributed by atoms with Crippen LogP contribution in [0.4, 0.5) is 0 Å². The number of aromatic nitrogens is 1. The fraction of sp³-hybridized carbons (Fsp3) is 0.412. The van der Waals surface area contributed by atoms with Gasteiger partial charge in [-0.2, -0.15) is 5.26 Å². The molecule has 2 heterocycles. The number of hydrogen-bond acceptors (Lipinski definition) is 4. The minimum absolute atomic E-state index is 0.547. The molecule has 0 amide bonds. The minimum atomic E-state index is 0.547. The van der Waals surface area contributed by atoms with E-state index < -0.39 is 0 Å². The summed E-state index contributed by atoms with van der Waals surface area (Å²) >= 11 is 0. The Kier molecular flexibility index (Phi) is 4.03. The van der Waals surface area contributed by atoms with Crippen LogP contribution in [0.1, 0.15) is 24.8 Å². The molecule has 1 fully saturated rings. The van der Waals surface area contributed by atoms with Crippen molar-refractivity contribution in [3.8, 4) is 11.9 Å². The van der Waals surface area contributed by atoms with Gasteiger partial charge in [0.05, 0.1) is 17.7 Å². The zero-order valence-electron chi connectivity index (χ0n) is 12.2. The Hall–Kier alpha value is -2.12. The Morgan fingerprint density at radius 3 is 3.05 bits per heavy atom. The summed E-state index contributed by atoms with van der Waals surface area (Å²) in [7, 11) is 2.17. The number of likely N-dealkylation sites (tertiary alicyclic amines) is 1. The second-order valence-corrected chi connectivity index (χ2v) is 5.55. The van der Waals surface area contributed by atoms with Gasteiger partial charge in [0, 0.05) is 17.5 Å². The Labute approximate surface area is 125 Å². The van der Waals surface area contributed by atoms with Gasteiger partial charge < -0.3 is 9.64 Å². The molecule has 1 unspecified atom stereocenters. The molecule has 4 nitrogen and oxygen atoms in total. The van der Waals surface area contributed by atoms with E-state index in [1.807, 2.05) is 24.3 Å². The molecule has 0 spiro atoms. The van der Waals surface area contributed by atoms with Gasteiger partial charge in [-0.15, -0.1) is 0 Å². The predicted molar refractivity (Wildman–Crippen MR) is 82.2 cm³/mol. The van der Waals surface area contributed by atoms with E-state index in [0.717, 1.165) is 17.3 Å². The molecule has 3 rings (SSSR count). The third-order valence-electron chi connectivity index (χ3n) is 4.19. The number of rotatable bonds is 4. The second kappa shape index (κ2) is 6.11. The van der Waals surface area contributed by atoms with E-state index in [-0.39, 0.29) is 0 Å². The van der Waals surface area contributed by atoms with Crippen molar-refractivity contribution in [1.82, 2.24) is 9.88 Å². The van der Waals surface area contributed by atoms with Crippen LogP contribution in [0.3, 0.4) is 0 Å². The smallest absolute Gasteiger partial charge is 0.215 e. The normalized spacial score (nSPS) is 18.8. The maximum atomic E-state index is 9.25. The van der Waals surface area contributed by atoms with Gasteiger partial charge in [-0.25, -0.2) is 4.98 Å². The lowest BCUT2D eigenvalue weighted by atomic mass is 10.1. The fourth-order valence-corrected chi connectivity index (χ4v) is 2.96. The number of hydrogen-bond donors (Lipinski definition) is 0. The first-order valence-corrected chi connectivity index (χ1v) is 7.41. The zero-order chi connectivity index (χ0) is 14.7. The van der Waals surface area contributed by atoms with Crippen LogP contribution in [-0.4, -0.2) is 36.1 Å². The molecule has 0 bridgehead atoms. The standard InChI is InChI=1S/C17H19N3O/c1-20-9-4-5-14(20)8-10-21-17-11-13(12-18)15-6-2-3-7-16(15)19-17/h2-3,6-7,11,14H,4-5,8-10H2,1H3. The number of benzene rings is 1. The lowest BCUT2D eigenvalue weighted by molar-refractivity contribution is 0.229. The SMILES string of the molecule is CN1CCCC1CCOc1cc(C#N)c2ccccc2n1. The molecule has 1 atom stereocenters. The van der Waals surface area contributed by atoms with Gasteiger partial charge >= 0.3 is 0 Å². The summed E-state index contributed by atoms with van der Waals surface area (Å²) in [5.74, 6) is 0.547. The van der Waals surface area contributed by atoms with Crippen LogP contribution in [0.25, 0.3) is 10.9 Å². The average molecular weight is 281 g/mol. The molecule has 1 saturated heterocycles. The molecule has 0 radical (unpaired) electrons. The number of ether oxygens (including phenoxy) is 1. The quantitative estimate of drug-likeness (QED) is 0.864. The largest absolute Gasteiger partial charge is 0.478 e. The van der Waals surface area contributed by atoms with Crippen LogP contribution in [0, 0.1) is 11.3 Å². The van der Waals surface area contributed by atoms with E-state index >= 15 is 0 Å². The van der Waals surface area contributed by atoms with Crippen LogP contribution >= 0.6 is 0 Å². The van der Waals surface area contributed by atoms with Crippen molar-refractivity contribution in [2.45, 2.75) is 25.3 Å². The summed E-state index contributed by atoms with van der Waals surface area (Å²) in [4.78, 5) is 6.87. The van der Waals surface area contributed by atoms with E-state index in [0.29, 0.717) is 24.1 Å². The van der Waals surface area contributed by atoms with Gasteiger partial charge in [-0.1, -0.05) is 18.2 Å². The molecule has 1 aromatic heterocycles. The zero-order valence-corrected chi connectivity index (χ0v) is 12.2. The molecule has 1 aliphatic rings. The first-order valence-electron chi connectivity index (χ1n) is 7.41. The van der Waals surface area contributed by atoms with Crippen molar-refractivity contribution in [1.29, 1.82) is 5.26 Å². The molecule has 2 aromatic rings. The third-order valence-corrected chi connectivity index (χ3v) is 4.19. The van der Waals surface area contributed by atoms with Crippen molar-refractivity contribution in [2.75, 3.05) is 20.2 Å². The van der Waals surface area contributed by atoms with E-state index in [9.17, 15) is 5.26 Å². The van der Waals surface area contributed by atoms with Crippen molar-refractivity contribution in [3.63, 3.8) is 0 Å². The maximum absolute atomic E-state index is 9.25. The summed E-state index contributed by atoms with van der Waals surface area (Å²) < 4.78 is 5.78. The Bertz CT molecular complexity index is 677. The Balaban J connectivity index is 1.71. The topological polar surface area (TPSA) is 49.1 Å². The highest BCUT2D eigenvalue weighted by Crippen LogP contribution is 2.22. The van der Waals surface area contributed by atoms with Gasteiger partial charge in [0.25, 0.3) is 0 Å². The van der Waals surface area contributed by atoms with Gasteiger partial charge in [0.1, 0.15) is 6.07 Å². The summed E-state index contributed by atoms with van der Waals surface area (Å²) in [6, 6.07) is 12.2. The molecule has 1 aromatic carbocycles. The van der Waals surface area contributed by atoms with Crippen LogP contribution in [0.2, 0.25) is 0 Å². The third kappa shape index (κ3) is 2.98. The van der Waals surface area contributed by atoms with Crippen LogP contribution in [-0.2, 0) is 0 Å². The molecular weight excluding hydrogens is 262 g/mol. The first kappa shape index (κ1) is 13.8. The molecule has 0 aliphatic carbocycles. The van der Waals surface area contributed by atoms with E-state index in [4.69, 9.17) is 4.74 Å². The van der Waals surface area contributed by atoms with Gasteiger partial charge in [-0.3, -0.25) is 0 Å². The monoisotopic (exact) mass is 281 g/mol. The number of nitrogens with zero attached hydrogens (tertiary/aromatic N) is 3. The van der Waals surface area contributed by atoms with Crippen molar-refractivity contribution < 1.29 is 4.74 Å². The number of para-hydroxylation sites is 1. The van der Waals surface area contributed by atoms with Crippen LogP contribution in [0.15, 0.2) is 30.3 Å². The van der Waals surface area contributed by atoms with Gasteiger partial charge in [-0.05, 0) is 38.9 Å². The Morgan fingerprint density at radius 1 is 1.43 bits per heavy atom. The molecule has 0 saturated carbocycles. The number of nitriles is 1. The minimum Gasteiger partial charge on any atom is -0.478 e. The molecule has 1 aliphatic heterocycles. The van der Waals surface area contributed by atoms with Crippen molar-refractivity contribution >= 4 is 10.9 Å². The number of fused-ring (bicyclic) bond motifs is 1. The summed E-state index contributed by atoms with van der Waals surface area (Å²) in [5.41, 5.74) is 1.43. The fourth-order valence-electron chi connectivity index (χ4n) is 2.96. The van der Waals surface area contributed by atoms with E-state index in [1.54, 1.807) is 6.07 Å². The maximum Gasteiger partial charge on any atom is 0.215 e. The van der Waals surface area contributed by atoms with Crippen molar-refractivity contribution in [3.05, 3.63) is 35.9 Å². The van der Waals surface area contributed by atoms with E-state index in [2.05, 4.69) is 23.0 Å². The molecular formula is C17H19N3O. The summed E-state index contributed by atoms with van der Waals surface area (Å²) in [5, 5.41) is 10.1. The highest BCUT2D eigenvalue weighted by molar-refractivity contribution is 5.85. The Morgan fingerprint density at radius 2 is 2.29 bits per heavy atom. The highest BCUT2D eigenvalue weighted by Gasteiger charge is 2.20. The van der Waals surface area contributed by atoms with Crippen LogP contribution < -0.4 is 4.74 Å². The predicted octanol–water partition coefficient (Wildman–Crippen LogP) is 2.97. The number of pyridine rings is 1. The summed E-state index contributed by atoms with van der Waals surface area (Å²) in [6.45, 7) is 1.82. The lowest BCUT2D eigenvalue weighted by Crippen LogP contribution is -2.26. The molecule has 0 N–H and O–H groups in total. The first-order chi connectivity index (χ1) is 10.3. The molecule has 21 heavy (non-hydrogen) atoms. The molecule has 108 valence electrons. The van der Waals surface area contributed by atoms with Crippen molar-refractivity contribution in [2.24, 2.45) is 0 Å². The molecule has 4 heteroatoms. The second-order valence-electron chi connectivity index (χ2n) is 5.55. The van der Waals surface area contributed by atoms with Crippen LogP contribution in [0.5, 0.6) is 5.88 Å². The highest BCUT2D eigenvalue weighted by atomic mass is 16.5. The average Bonchev–Trinajstić information content (AvgIpc) is 2.92. The van der Waals surface area contributed by atoms with Gasteiger partial charge in [0.2, 0.25) is 5.88 Å². The van der Waals surface area contributed by atoms with Gasteiger partial charge in [0.15, 0.2) is 0 Å². The lowest BCUT2D eigenvalue weighted by Gasteiger charge is -2.19.